The maximum atomic E-state index is 11.5. The van der Waals surface area contributed by atoms with Crippen LogP contribution in [0.5, 0.6) is 0 Å². The fourth-order valence-corrected chi connectivity index (χ4v) is 2.69. The van der Waals surface area contributed by atoms with Gasteiger partial charge in [0.1, 0.15) is 11.7 Å². The van der Waals surface area contributed by atoms with E-state index in [1.54, 1.807) is 4.57 Å². The molecule has 1 saturated heterocycles. The van der Waals surface area contributed by atoms with Gasteiger partial charge in [0.15, 0.2) is 11.2 Å². The molecule has 2 N–H and O–H groups in total. The highest BCUT2D eigenvalue weighted by molar-refractivity contribution is 8.00. The van der Waals surface area contributed by atoms with E-state index in [1.165, 1.54) is 24.4 Å². The van der Waals surface area contributed by atoms with Crippen molar-refractivity contribution in [3.05, 3.63) is 23.0 Å². The Labute approximate surface area is 99.8 Å². The molecular weight excluding hydrogens is 244 g/mol. The second-order valence-electron chi connectivity index (χ2n) is 3.59. The Bertz CT molecular complexity index is 595. The summed E-state index contributed by atoms with van der Waals surface area (Å²) in [7, 11) is 0. The van der Waals surface area contributed by atoms with E-state index in [-0.39, 0.29) is 23.8 Å². The minimum Gasteiger partial charge on any atom is -0.393 e. The third-order valence-corrected chi connectivity index (χ3v) is 3.67. The average Bonchev–Trinajstić information content (AvgIpc) is 2.94. The van der Waals surface area contributed by atoms with Crippen LogP contribution >= 0.6 is 11.8 Å². The van der Waals surface area contributed by atoms with E-state index < -0.39 is 0 Å². The number of rotatable bonds is 2. The molecule has 7 nitrogen and oxygen atoms in total. The number of nitrogens with one attached hydrogen (secondary N) is 1. The molecule has 0 amide bonds. The highest BCUT2D eigenvalue weighted by Gasteiger charge is 2.28. The van der Waals surface area contributed by atoms with Crippen molar-refractivity contribution in [2.45, 2.75) is 11.7 Å². The van der Waals surface area contributed by atoms with E-state index in [2.05, 4.69) is 15.0 Å². The molecule has 90 valence electrons. The van der Waals surface area contributed by atoms with Crippen LogP contribution in [0.4, 0.5) is 0 Å². The van der Waals surface area contributed by atoms with Crippen molar-refractivity contribution in [2.24, 2.45) is 0 Å². The first-order valence-corrected chi connectivity index (χ1v) is 6.12. The number of thioether (sulfide) groups is 1. The summed E-state index contributed by atoms with van der Waals surface area (Å²) in [6, 6.07) is 0. The lowest BCUT2D eigenvalue weighted by Gasteiger charge is -2.12. The van der Waals surface area contributed by atoms with Gasteiger partial charge in [-0.2, -0.15) is 0 Å². The van der Waals surface area contributed by atoms with Gasteiger partial charge >= 0.3 is 0 Å². The first kappa shape index (κ1) is 10.8. The van der Waals surface area contributed by atoms with Crippen LogP contribution in [0.2, 0.25) is 0 Å². The van der Waals surface area contributed by atoms with Gasteiger partial charge in [-0.05, 0) is 0 Å². The maximum absolute atomic E-state index is 11.5. The minimum atomic E-state index is -0.266. The summed E-state index contributed by atoms with van der Waals surface area (Å²) in [6.07, 6.45) is 2.64. The summed E-state index contributed by atoms with van der Waals surface area (Å²) in [4.78, 5) is 22.0. The van der Waals surface area contributed by atoms with Crippen molar-refractivity contribution in [1.82, 2.24) is 19.5 Å². The van der Waals surface area contributed by atoms with Crippen molar-refractivity contribution < 1.29 is 9.84 Å². The highest BCUT2D eigenvalue weighted by atomic mass is 32.2. The number of hydrogen-bond donors (Lipinski definition) is 2. The van der Waals surface area contributed by atoms with Crippen LogP contribution in [0.1, 0.15) is 6.23 Å². The molecule has 0 aliphatic carbocycles. The molecule has 0 bridgehead atoms. The molecule has 1 aliphatic rings. The van der Waals surface area contributed by atoms with E-state index in [0.29, 0.717) is 16.9 Å². The van der Waals surface area contributed by atoms with Gasteiger partial charge in [-0.3, -0.25) is 9.36 Å². The molecule has 2 atom stereocenters. The van der Waals surface area contributed by atoms with E-state index in [1.807, 2.05) is 0 Å². The van der Waals surface area contributed by atoms with Gasteiger partial charge in [-0.15, -0.1) is 11.8 Å². The predicted molar refractivity (Wildman–Crippen MR) is 61.6 cm³/mol. The molecule has 1 fully saturated rings. The average molecular weight is 254 g/mol. The monoisotopic (exact) mass is 254 g/mol. The zero-order valence-electron chi connectivity index (χ0n) is 8.74. The van der Waals surface area contributed by atoms with Crippen molar-refractivity contribution in [3.63, 3.8) is 0 Å². The van der Waals surface area contributed by atoms with Crippen molar-refractivity contribution in [2.75, 3.05) is 12.4 Å². The van der Waals surface area contributed by atoms with E-state index in [4.69, 9.17) is 9.84 Å². The largest absolute Gasteiger partial charge is 0.393 e. The summed E-state index contributed by atoms with van der Waals surface area (Å²) in [5.41, 5.74) is 0.309. The topological polar surface area (TPSA) is 93.0 Å². The van der Waals surface area contributed by atoms with Gasteiger partial charge in [0.2, 0.25) is 0 Å². The summed E-state index contributed by atoms with van der Waals surface area (Å²) < 4.78 is 7.30. The number of aliphatic hydroxyl groups is 1. The van der Waals surface area contributed by atoms with E-state index >= 15 is 0 Å². The van der Waals surface area contributed by atoms with Gasteiger partial charge in [-0.1, -0.05) is 0 Å². The first-order chi connectivity index (χ1) is 8.29. The number of aromatic amines is 1. The fourth-order valence-electron chi connectivity index (χ4n) is 1.76. The van der Waals surface area contributed by atoms with Gasteiger partial charge in [0.05, 0.1) is 19.3 Å². The molecule has 0 spiro atoms. The van der Waals surface area contributed by atoms with E-state index in [9.17, 15) is 4.79 Å². The number of fused-ring (bicyclic) bond motifs is 1. The number of H-pyrrole nitrogens is 1. The second-order valence-corrected chi connectivity index (χ2v) is 4.78. The lowest BCUT2D eigenvalue weighted by atomic mass is 10.5. The Kier molecular flexibility index (Phi) is 2.61. The van der Waals surface area contributed by atoms with Crippen LogP contribution in [0, 0.1) is 0 Å². The third kappa shape index (κ3) is 1.74. The minimum absolute atomic E-state index is 0.0260. The molecule has 0 saturated carbocycles. The number of aromatic nitrogens is 4. The molecule has 0 aromatic carbocycles. The van der Waals surface area contributed by atoms with Crippen molar-refractivity contribution in [1.29, 1.82) is 0 Å². The highest BCUT2D eigenvalue weighted by Crippen LogP contribution is 2.32. The smallest absolute Gasteiger partial charge is 0.278 e. The zero-order chi connectivity index (χ0) is 11.8. The van der Waals surface area contributed by atoms with Crippen LogP contribution < -0.4 is 5.56 Å². The number of hydrogen-bond acceptors (Lipinski definition) is 6. The van der Waals surface area contributed by atoms with Crippen LogP contribution in [0.15, 0.2) is 17.4 Å². The Morgan fingerprint density at radius 3 is 3.29 bits per heavy atom. The molecule has 2 aromatic heterocycles. The summed E-state index contributed by atoms with van der Waals surface area (Å²) in [5, 5.41) is 9.00. The Morgan fingerprint density at radius 1 is 1.65 bits per heavy atom. The zero-order valence-corrected chi connectivity index (χ0v) is 9.55. The molecule has 2 aromatic rings. The molecule has 17 heavy (non-hydrogen) atoms. The number of aliphatic hydroxyl groups excluding tert-OH is 1. The SMILES string of the molecule is O=c1[nH]cnc2c1ncn2[C@H]1CSC(CO)O1. The van der Waals surface area contributed by atoms with Gasteiger partial charge in [-0.25, -0.2) is 9.97 Å². The number of imidazole rings is 1. The summed E-state index contributed by atoms with van der Waals surface area (Å²) in [6.45, 7) is -0.0260. The molecular formula is C9H10N4O3S. The number of nitrogens with zero attached hydrogens (tertiary/aromatic N) is 3. The Balaban J connectivity index is 2.02. The molecule has 8 heteroatoms. The summed E-state index contributed by atoms with van der Waals surface area (Å²) >= 11 is 1.53. The van der Waals surface area contributed by atoms with Crippen molar-refractivity contribution >= 4 is 22.9 Å². The van der Waals surface area contributed by atoms with Crippen LogP contribution in [-0.2, 0) is 4.74 Å². The van der Waals surface area contributed by atoms with Crippen LogP contribution in [-0.4, -0.2) is 42.4 Å². The molecule has 3 heterocycles. The second kappa shape index (κ2) is 4.13. The quantitative estimate of drug-likeness (QED) is 0.764. The summed E-state index contributed by atoms with van der Waals surface area (Å²) in [5.74, 6) is 0.700. The van der Waals surface area contributed by atoms with E-state index in [0.717, 1.165) is 0 Å². The molecule has 1 aliphatic heterocycles. The van der Waals surface area contributed by atoms with Gasteiger partial charge < -0.3 is 14.8 Å². The van der Waals surface area contributed by atoms with Gasteiger partial charge in [0, 0.05) is 5.75 Å². The molecule has 3 rings (SSSR count). The lowest BCUT2D eigenvalue weighted by molar-refractivity contribution is -0.00191. The molecule has 1 unspecified atom stereocenters. The Hall–Kier alpha value is -1.38. The molecule has 0 radical (unpaired) electrons. The predicted octanol–water partition coefficient (Wildman–Crippen LogP) is -0.300. The third-order valence-electron chi connectivity index (χ3n) is 2.56. The standard InChI is InChI=1S/C9H10N4O3S/c14-1-6-16-5(2-17-6)13-4-12-7-8(13)10-3-11-9(7)15/h3-6,14H,1-2H2,(H,10,11,15)/t5-,6?/m1/s1. The first-order valence-electron chi connectivity index (χ1n) is 5.07. The fraction of sp³-hybridized carbons (Fsp3) is 0.444. The Morgan fingerprint density at radius 2 is 2.53 bits per heavy atom. The lowest BCUT2D eigenvalue weighted by Crippen LogP contribution is -2.15. The number of ether oxygens (including phenoxy) is 1. The maximum Gasteiger partial charge on any atom is 0.278 e. The normalized spacial score (nSPS) is 24.5. The van der Waals surface area contributed by atoms with Crippen LogP contribution in [0.25, 0.3) is 11.2 Å². The van der Waals surface area contributed by atoms with Crippen LogP contribution in [0.3, 0.4) is 0 Å². The van der Waals surface area contributed by atoms with Crippen molar-refractivity contribution in [3.8, 4) is 0 Å². The van der Waals surface area contributed by atoms with Gasteiger partial charge in [0.25, 0.3) is 5.56 Å².